The van der Waals surface area contributed by atoms with E-state index in [4.69, 9.17) is 0 Å². The van der Waals surface area contributed by atoms with Crippen molar-refractivity contribution < 1.29 is 0 Å². The molecule has 0 heterocycles. The van der Waals surface area contributed by atoms with Crippen LogP contribution < -0.4 is 0 Å². The lowest BCUT2D eigenvalue weighted by Crippen LogP contribution is -2.43. The molecular formula is C13H15Br. The topological polar surface area (TPSA) is 0 Å². The molecule has 14 heavy (non-hydrogen) atoms. The van der Waals surface area contributed by atoms with Gasteiger partial charge in [-0.05, 0) is 54.7 Å². The standard InChI is InChI=1S/C13H15Br/c14-11-4-2-10(3-5-11)12-6-9-13(12)7-1-8-13/h2-5,12H,1,6-9H2. The lowest BCUT2D eigenvalue weighted by molar-refractivity contribution is -0.00198. The summed E-state index contributed by atoms with van der Waals surface area (Å²) in [7, 11) is 0. The van der Waals surface area contributed by atoms with Crippen molar-refractivity contribution in [3.63, 3.8) is 0 Å². The average molecular weight is 251 g/mol. The molecule has 74 valence electrons. The van der Waals surface area contributed by atoms with Crippen LogP contribution in [0.5, 0.6) is 0 Å². The Morgan fingerprint density at radius 2 is 1.79 bits per heavy atom. The molecule has 0 saturated heterocycles. The fraction of sp³-hybridized carbons (Fsp3) is 0.538. The first-order valence-electron chi connectivity index (χ1n) is 5.56. The minimum Gasteiger partial charge on any atom is -0.0576 e. The number of hydrogen-bond donors (Lipinski definition) is 0. The van der Waals surface area contributed by atoms with Gasteiger partial charge in [0.25, 0.3) is 0 Å². The summed E-state index contributed by atoms with van der Waals surface area (Å²) in [5, 5.41) is 0. The third-order valence-corrected chi connectivity index (χ3v) is 4.82. The smallest absolute Gasteiger partial charge is 0.0175 e. The van der Waals surface area contributed by atoms with Crippen LogP contribution in [-0.4, -0.2) is 0 Å². The van der Waals surface area contributed by atoms with Crippen molar-refractivity contribution in [2.24, 2.45) is 5.41 Å². The molecule has 1 heteroatoms. The van der Waals surface area contributed by atoms with Gasteiger partial charge in [0.05, 0.1) is 0 Å². The maximum absolute atomic E-state index is 3.49. The maximum atomic E-state index is 3.49. The number of hydrogen-bond acceptors (Lipinski definition) is 0. The van der Waals surface area contributed by atoms with Gasteiger partial charge in [-0.25, -0.2) is 0 Å². The highest BCUT2D eigenvalue weighted by Crippen LogP contribution is 2.63. The molecule has 3 rings (SSSR count). The van der Waals surface area contributed by atoms with Crippen LogP contribution in [0.25, 0.3) is 0 Å². The molecule has 0 aromatic heterocycles. The van der Waals surface area contributed by atoms with Crippen LogP contribution in [-0.2, 0) is 0 Å². The van der Waals surface area contributed by atoms with Crippen molar-refractivity contribution in [1.29, 1.82) is 0 Å². The highest BCUT2D eigenvalue weighted by Gasteiger charge is 2.50. The van der Waals surface area contributed by atoms with Crippen LogP contribution in [0, 0.1) is 5.41 Å². The van der Waals surface area contributed by atoms with Gasteiger partial charge in [0.1, 0.15) is 0 Å². The molecule has 2 fully saturated rings. The number of halogens is 1. The van der Waals surface area contributed by atoms with E-state index in [1.54, 1.807) is 5.56 Å². The monoisotopic (exact) mass is 250 g/mol. The molecule has 0 radical (unpaired) electrons. The predicted octanol–water partition coefficient (Wildman–Crippen LogP) is 4.50. The Balaban J connectivity index is 1.85. The average Bonchev–Trinajstić information content (AvgIpc) is 2.04. The van der Waals surface area contributed by atoms with Crippen LogP contribution in [0.1, 0.15) is 43.6 Å². The van der Waals surface area contributed by atoms with Gasteiger partial charge >= 0.3 is 0 Å². The molecule has 1 unspecified atom stereocenters. The van der Waals surface area contributed by atoms with Crippen molar-refractivity contribution in [3.05, 3.63) is 34.3 Å². The second-order valence-electron chi connectivity index (χ2n) is 4.86. The summed E-state index contributed by atoms with van der Waals surface area (Å²) in [5.41, 5.74) is 2.31. The normalized spacial score (nSPS) is 28.2. The molecule has 0 bridgehead atoms. The first-order valence-corrected chi connectivity index (χ1v) is 6.35. The third-order valence-electron chi connectivity index (χ3n) is 4.29. The minimum absolute atomic E-state index is 0.744. The molecule has 2 aliphatic rings. The summed E-state index contributed by atoms with van der Waals surface area (Å²) in [4.78, 5) is 0. The second kappa shape index (κ2) is 3.10. The zero-order valence-electron chi connectivity index (χ0n) is 8.30. The van der Waals surface area contributed by atoms with Crippen LogP contribution in [0.4, 0.5) is 0 Å². The highest BCUT2D eigenvalue weighted by atomic mass is 79.9. The summed E-state index contributed by atoms with van der Waals surface area (Å²) < 4.78 is 1.20. The Morgan fingerprint density at radius 1 is 1.07 bits per heavy atom. The molecule has 0 amide bonds. The molecule has 2 saturated carbocycles. The zero-order valence-corrected chi connectivity index (χ0v) is 9.89. The minimum atomic E-state index is 0.744. The summed E-state index contributed by atoms with van der Waals surface area (Å²) in [6.07, 6.45) is 7.32. The molecule has 1 aromatic rings. The van der Waals surface area contributed by atoms with Gasteiger partial charge in [0.15, 0.2) is 0 Å². The molecule has 2 aliphatic carbocycles. The van der Waals surface area contributed by atoms with Crippen LogP contribution in [0.15, 0.2) is 28.7 Å². The second-order valence-corrected chi connectivity index (χ2v) is 5.77. The summed E-state index contributed by atoms with van der Waals surface area (Å²) in [5.74, 6) is 0.879. The van der Waals surface area contributed by atoms with Gasteiger partial charge in [0, 0.05) is 4.47 Å². The van der Waals surface area contributed by atoms with E-state index in [1.165, 1.54) is 36.6 Å². The van der Waals surface area contributed by atoms with E-state index in [1.807, 2.05) is 0 Å². The van der Waals surface area contributed by atoms with Crippen molar-refractivity contribution in [3.8, 4) is 0 Å². The van der Waals surface area contributed by atoms with Gasteiger partial charge < -0.3 is 0 Å². The van der Waals surface area contributed by atoms with E-state index in [2.05, 4.69) is 40.2 Å². The first-order chi connectivity index (χ1) is 6.80. The third kappa shape index (κ3) is 1.18. The van der Waals surface area contributed by atoms with E-state index in [-0.39, 0.29) is 0 Å². The summed E-state index contributed by atoms with van der Waals surface area (Å²) in [6, 6.07) is 8.96. The Labute approximate surface area is 93.8 Å². The Kier molecular flexibility index (Phi) is 1.98. The van der Waals surface area contributed by atoms with E-state index >= 15 is 0 Å². The predicted molar refractivity (Wildman–Crippen MR) is 62.4 cm³/mol. The Bertz CT molecular complexity index is 329. The van der Waals surface area contributed by atoms with Gasteiger partial charge in [-0.1, -0.05) is 34.5 Å². The zero-order chi connectivity index (χ0) is 9.60. The fourth-order valence-corrected chi connectivity index (χ4v) is 3.41. The largest absolute Gasteiger partial charge is 0.0576 e. The van der Waals surface area contributed by atoms with Crippen molar-refractivity contribution in [2.75, 3.05) is 0 Å². The molecular weight excluding hydrogens is 236 g/mol. The molecule has 1 atom stereocenters. The van der Waals surface area contributed by atoms with E-state index in [9.17, 15) is 0 Å². The fourth-order valence-electron chi connectivity index (χ4n) is 3.14. The van der Waals surface area contributed by atoms with Gasteiger partial charge in [0.2, 0.25) is 0 Å². The van der Waals surface area contributed by atoms with Gasteiger partial charge in [-0.3, -0.25) is 0 Å². The first kappa shape index (κ1) is 8.96. The molecule has 1 spiro atoms. The highest BCUT2D eigenvalue weighted by molar-refractivity contribution is 9.10. The Hall–Kier alpha value is -0.300. The molecule has 0 N–H and O–H groups in total. The van der Waals surface area contributed by atoms with Crippen molar-refractivity contribution >= 4 is 15.9 Å². The SMILES string of the molecule is Brc1ccc(C2CCC23CCC3)cc1. The lowest BCUT2D eigenvalue weighted by Gasteiger charge is -2.56. The summed E-state index contributed by atoms with van der Waals surface area (Å²) in [6.45, 7) is 0. The van der Waals surface area contributed by atoms with Crippen molar-refractivity contribution in [1.82, 2.24) is 0 Å². The van der Waals surface area contributed by atoms with Crippen molar-refractivity contribution in [2.45, 2.75) is 38.0 Å². The lowest BCUT2D eigenvalue weighted by atomic mass is 9.48. The van der Waals surface area contributed by atoms with Gasteiger partial charge in [-0.15, -0.1) is 0 Å². The summed E-state index contributed by atoms with van der Waals surface area (Å²) >= 11 is 3.49. The van der Waals surface area contributed by atoms with Crippen LogP contribution in [0.3, 0.4) is 0 Å². The van der Waals surface area contributed by atoms with E-state index < -0.39 is 0 Å². The van der Waals surface area contributed by atoms with Crippen LogP contribution in [0.2, 0.25) is 0 Å². The quantitative estimate of drug-likeness (QED) is 0.689. The van der Waals surface area contributed by atoms with E-state index in [0.717, 1.165) is 11.3 Å². The molecule has 0 aliphatic heterocycles. The van der Waals surface area contributed by atoms with E-state index in [0.29, 0.717) is 0 Å². The molecule has 1 aromatic carbocycles. The number of benzene rings is 1. The number of rotatable bonds is 1. The Morgan fingerprint density at radius 3 is 2.21 bits per heavy atom. The van der Waals surface area contributed by atoms with Crippen LogP contribution >= 0.6 is 15.9 Å². The van der Waals surface area contributed by atoms with Gasteiger partial charge in [-0.2, -0.15) is 0 Å². The molecule has 0 nitrogen and oxygen atoms in total. The maximum Gasteiger partial charge on any atom is 0.0175 e.